The molecule has 158 valence electrons. The first kappa shape index (κ1) is 20.3. The lowest BCUT2D eigenvalue weighted by Gasteiger charge is -2.42. The summed E-state index contributed by atoms with van der Waals surface area (Å²) in [6.45, 7) is 4.24. The Balaban J connectivity index is 1.23. The summed E-state index contributed by atoms with van der Waals surface area (Å²) < 4.78 is 0. The van der Waals surface area contributed by atoms with Gasteiger partial charge >= 0.3 is 0 Å². The summed E-state index contributed by atoms with van der Waals surface area (Å²) in [5.41, 5.74) is 1.04. The molecule has 0 radical (unpaired) electrons. The second-order valence-electron chi connectivity index (χ2n) is 8.95. The molecule has 1 aliphatic carbocycles. The molecule has 6 heteroatoms. The monoisotopic (exact) mass is 398 g/mol. The predicted octanol–water partition coefficient (Wildman–Crippen LogP) is 2.59. The van der Waals surface area contributed by atoms with Crippen molar-refractivity contribution >= 4 is 11.8 Å². The molecule has 1 aromatic heterocycles. The van der Waals surface area contributed by atoms with Crippen LogP contribution >= 0.6 is 0 Å². The van der Waals surface area contributed by atoms with E-state index in [1.54, 1.807) is 12.4 Å². The van der Waals surface area contributed by atoms with E-state index in [4.69, 9.17) is 0 Å². The molecule has 3 fully saturated rings. The highest BCUT2D eigenvalue weighted by Gasteiger charge is 2.34. The number of amides is 2. The first-order chi connectivity index (χ1) is 14.2. The molecule has 6 nitrogen and oxygen atoms in total. The Hall–Kier alpha value is -1.95. The first-order valence-electron chi connectivity index (χ1n) is 11.4. The Kier molecular flexibility index (Phi) is 6.80. The summed E-state index contributed by atoms with van der Waals surface area (Å²) in [4.78, 5) is 34.1. The number of piperidine rings is 2. The number of nitrogens with zero attached hydrogens (tertiary/aromatic N) is 3. The van der Waals surface area contributed by atoms with E-state index in [0.717, 1.165) is 70.3 Å². The summed E-state index contributed by atoms with van der Waals surface area (Å²) in [6, 6.07) is 4.39. The van der Waals surface area contributed by atoms with Gasteiger partial charge in [-0.05, 0) is 56.7 Å². The molecule has 1 aromatic rings. The van der Waals surface area contributed by atoms with Crippen LogP contribution in [0.4, 0.5) is 0 Å². The molecule has 1 saturated carbocycles. The third kappa shape index (κ3) is 5.16. The number of carbonyl (C=O) groups is 2. The van der Waals surface area contributed by atoms with E-state index in [0.29, 0.717) is 18.5 Å². The summed E-state index contributed by atoms with van der Waals surface area (Å²) in [5, 5.41) is 3.09. The van der Waals surface area contributed by atoms with E-state index in [1.807, 2.05) is 12.1 Å². The van der Waals surface area contributed by atoms with E-state index in [9.17, 15) is 9.59 Å². The molecule has 0 spiro atoms. The molecule has 1 N–H and O–H groups in total. The quantitative estimate of drug-likeness (QED) is 0.828. The van der Waals surface area contributed by atoms with Gasteiger partial charge < -0.3 is 10.2 Å². The Morgan fingerprint density at radius 3 is 2.48 bits per heavy atom. The fraction of sp³-hybridized carbons (Fsp3) is 0.696. The first-order valence-corrected chi connectivity index (χ1v) is 11.4. The summed E-state index contributed by atoms with van der Waals surface area (Å²) in [5.74, 6) is 0.910. The van der Waals surface area contributed by atoms with Crippen LogP contribution in [-0.2, 0) is 16.1 Å². The van der Waals surface area contributed by atoms with Gasteiger partial charge in [-0.1, -0.05) is 18.9 Å². The summed E-state index contributed by atoms with van der Waals surface area (Å²) >= 11 is 0. The van der Waals surface area contributed by atoms with Gasteiger partial charge in [0, 0.05) is 50.5 Å². The standard InChI is InChI=1S/C23H34N4O2/c28-22(25-16-18-5-3-11-24-15-18)20-8-4-12-27(17-20)21-9-13-26(14-10-21)23(29)19-6-1-2-7-19/h3,5,11,15,19-21H,1-2,4,6-10,12-14,16-17H2,(H,25,28). The van der Waals surface area contributed by atoms with Crippen molar-refractivity contribution in [2.24, 2.45) is 11.8 Å². The Labute approximate surface area is 174 Å². The normalized spacial score (nSPS) is 24.6. The van der Waals surface area contributed by atoms with Crippen molar-refractivity contribution in [3.05, 3.63) is 30.1 Å². The van der Waals surface area contributed by atoms with Crippen molar-refractivity contribution in [1.82, 2.24) is 20.1 Å². The maximum atomic E-state index is 12.7. The zero-order chi connectivity index (χ0) is 20.1. The molecule has 2 saturated heterocycles. The highest BCUT2D eigenvalue weighted by Crippen LogP contribution is 2.29. The molecule has 3 heterocycles. The van der Waals surface area contributed by atoms with E-state index < -0.39 is 0 Å². The van der Waals surface area contributed by atoms with E-state index in [2.05, 4.69) is 20.1 Å². The van der Waals surface area contributed by atoms with Gasteiger partial charge in [0.05, 0.1) is 5.92 Å². The SMILES string of the molecule is O=C(NCc1cccnc1)C1CCCN(C2CCN(C(=O)C3CCCC3)CC2)C1. The number of hydrogen-bond acceptors (Lipinski definition) is 4. The van der Waals surface area contributed by atoms with Crippen LogP contribution in [0.5, 0.6) is 0 Å². The van der Waals surface area contributed by atoms with Gasteiger partial charge in [-0.3, -0.25) is 19.5 Å². The number of hydrogen-bond donors (Lipinski definition) is 1. The van der Waals surface area contributed by atoms with Gasteiger partial charge in [0.2, 0.25) is 11.8 Å². The van der Waals surface area contributed by atoms with Crippen molar-refractivity contribution in [2.45, 2.75) is 64.0 Å². The molecule has 29 heavy (non-hydrogen) atoms. The van der Waals surface area contributed by atoms with Crippen molar-refractivity contribution in [3.63, 3.8) is 0 Å². The van der Waals surface area contributed by atoms with Crippen molar-refractivity contribution in [2.75, 3.05) is 26.2 Å². The molecule has 3 aliphatic rings. The lowest BCUT2D eigenvalue weighted by atomic mass is 9.93. The largest absolute Gasteiger partial charge is 0.352 e. The number of likely N-dealkylation sites (tertiary alicyclic amines) is 2. The summed E-state index contributed by atoms with van der Waals surface area (Å²) in [7, 11) is 0. The van der Waals surface area contributed by atoms with Gasteiger partial charge in [0.1, 0.15) is 0 Å². The van der Waals surface area contributed by atoms with Crippen LogP contribution in [0.15, 0.2) is 24.5 Å². The smallest absolute Gasteiger partial charge is 0.225 e. The second kappa shape index (κ2) is 9.70. The molecule has 0 bridgehead atoms. The maximum absolute atomic E-state index is 12.7. The molecule has 0 aromatic carbocycles. The Morgan fingerprint density at radius 1 is 1.00 bits per heavy atom. The minimum absolute atomic E-state index is 0.0681. The number of nitrogens with one attached hydrogen (secondary N) is 1. The number of aromatic nitrogens is 1. The molecular weight excluding hydrogens is 364 g/mol. The lowest BCUT2D eigenvalue weighted by molar-refractivity contribution is -0.137. The second-order valence-corrected chi connectivity index (χ2v) is 8.95. The van der Waals surface area contributed by atoms with Crippen molar-refractivity contribution in [3.8, 4) is 0 Å². The van der Waals surface area contributed by atoms with Crippen molar-refractivity contribution in [1.29, 1.82) is 0 Å². The minimum Gasteiger partial charge on any atom is -0.352 e. The molecule has 2 aliphatic heterocycles. The van der Waals surface area contributed by atoms with Crippen LogP contribution in [0.3, 0.4) is 0 Å². The van der Waals surface area contributed by atoms with E-state index in [1.165, 1.54) is 12.8 Å². The highest BCUT2D eigenvalue weighted by atomic mass is 16.2. The number of rotatable bonds is 5. The average Bonchev–Trinajstić information content (AvgIpc) is 3.33. The van der Waals surface area contributed by atoms with Gasteiger partial charge in [-0.15, -0.1) is 0 Å². The fourth-order valence-corrected chi connectivity index (χ4v) is 5.27. The Bertz CT molecular complexity index is 681. The third-order valence-electron chi connectivity index (χ3n) is 7.01. The fourth-order valence-electron chi connectivity index (χ4n) is 5.27. The number of pyridine rings is 1. The van der Waals surface area contributed by atoms with E-state index >= 15 is 0 Å². The third-order valence-corrected chi connectivity index (χ3v) is 7.01. The van der Waals surface area contributed by atoms with E-state index in [-0.39, 0.29) is 17.7 Å². The Morgan fingerprint density at radius 2 is 1.76 bits per heavy atom. The van der Waals surface area contributed by atoms with Gasteiger partial charge in [0.15, 0.2) is 0 Å². The highest BCUT2D eigenvalue weighted by molar-refractivity contribution is 5.79. The van der Waals surface area contributed by atoms with Crippen LogP contribution in [0, 0.1) is 11.8 Å². The van der Waals surface area contributed by atoms with Crippen LogP contribution in [0.2, 0.25) is 0 Å². The molecule has 2 amide bonds. The average molecular weight is 399 g/mol. The number of carbonyl (C=O) groups excluding carboxylic acids is 2. The molecular formula is C23H34N4O2. The molecule has 1 atom stereocenters. The zero-order valence-corrected chi connectivity index (χ0v) is 17.4. The van der Waals surface area contributed by atoms with Gasteiger partial charge in [-0.25, -0.2) is 0 Å². The molecule has 4 rings (SSSR count). The molecule has 1 unspecified atom stereocenters. The minimum atomic E-state index is 0.0681. The summed E-state index contributed by atoms with van der Waals surface area (Å²) in [6.07, 6.45) is 12.3. The maximum Gasteiger partial charge on any atom is 0.225 e. The van der Waals surface area contributed by atoms with Crippen LogP contribution < -0.4 is 5.32 Å². The topological polar surface area (TPSA) is 65.5 Å². The van der Waals surface area contributed by atoms with Gasteiger partial charge in [0.25, 0.3) is 0 Å². The van der Waals surface area contributed by atoms with Gasteiger partial charge in [-0.2, -0.15) is 0 Å². The van der Waals surface area contributed by atoms with Crippen LogP contribution in [0.1, 0.15) is 56.9 Å². The van der Waals surface area contributed by atoms with Crippen molar-refractivity contribution < 1.29 is 9.59 Å². The van der Waals surface area contributed by atoms with Crippen LogP contribution in [0.25, 0.3) is 0 Å². The lowest BCUT2D eigenvalue weighted by Crippen LogP contribution is -2.52. The predicted molar refractivity (Wildman–Crippen MR) is 112 cm³/mol. The van der Waals surface area contributed by atoms with Crippen LogP contribution in [-0.4, -0.2) is 58.8 Å². The zero-order valence-electron chi connectivity index (χ0n) is 17.4.